The minimum atomic E-state index is -4.41. The van der Waals surface area contributed by atoms with Crippen LogP contribution in [0.15, 0.2) is 53.4 Å². The Kier molecular flexibility index (Phi) is 6.75. The van der Waals surface area contributed by atoms with Crippen LogP contribution in [0.4, 0.5) is 4.39 Å². The zero-order valence-electron chi connectivity index (χ0n) is 22.3. The Bertz CT molecular complexity index is 1740. The average Bonchev–Trinajstić information content (AvgIpc) is 3.54. The van der Waals surface area contributed by atoms with E-state index in [1.807, 2.05) is 12.1 Å². The van der Waals surface area contributed by atoms with Crippen molar-refractivity contribution in [1.82, 2.24) is 15.2 Å². The Balaban J connectivity index is 1.39. The monoisotopic (exact) mass is 563 g/mol. The van der Waals surface area contributed by atoms with Gasteiger partial charge in [0.25, 0.3) is 5.91 Å². The number of rotatable bonds is 7. The Morgan fingerprint density at radius 2 is 1.82 bits per heavy atom. The molecule has 40 heavy (non-hydrogen) atoms. The van der Waals surface area contributed by atoms with E-state index in [0.717, 1.165) is 36.6 Å². The van der Waals surface area contributed by atoms with Crippen LogP contribution >= 0.6 is 0 Å². The van der Waals surface area contributed by atoms with Gasteiger partial charge in [-0.25, -0.2) is 4.39 Å². The zero-order valence-corrected chi connectivity index (χ0v) is 23.2. The van der Waals surface area contributed by atoms with Crippen molar-refractivity contribution < 1.29 is 26.5 Å². The van der Waals surface area contributed by atoms with Gasteiger partial charge < -0.3 is 19.2 Å². The Hall–Kier alpha value is -3.89. The van der Waals surface area contributed by atoms with Gasteiger partial charge in [0.2, 0.25) is 0 Å². The van der Waals surface area contributed by atoms with Crippen LogP contribution in [-0.4, -0.2) is 44.4 Å². The number of nitrogens with zero attached hydrogens (tertiary/aromatic N) is 1. The number of hydrogen-bond acceptors (Lipinski definition) is 6. The van der Waals surface area contributed by atoms with Crippen molar-refractivity contribution in [3.05, 3.63) is 76.6 Å². The van der Waals surface area contributed by atoms with Gasteiger partial charge in [-0.3, -0.25) is 9.69 Å². The minimum absolute atomic E-state index is 0.0612. The van der Waals surface area contributed by atoms with Crippen molar-refractivity contribution >= 4 is 26.9 Å². The van der Waals surface area contributed by atoms with Gasteiger partial charge in [-0.2, -0.15) is 8.42 Å². The maximum atomic E-state index is 14.1. The number of aromatic amines is 1. The maximum absolute atomic E-state index is 14.1. The predicted molar refractivity (Wildman–Crippen MR) is 150 cm³/mol. The first-order valence-corrected chi connectivity index (χ1v) is 14.7. The van der Waals surface area contributed by atoms with Crippen LogP contribution in [0.1, 0.15) is 46.3 Å². The van der Waals surface area contributed by atoms with E-state index in [9.17, 15) is 17.6 Å². The lowest BCUT2D eigenvalue weighted by atomic mass is 9.98. The topological polar surface area (TPSA) is 101 Å². The van der Waals surface area contributed by atoms with E-state index in [1.54, 1.807) is 6.07 Å². The molecule has 4 aromatic rings. The lowest BCUT2D eigenvalue weighted by Gasteiger charge is -2.26. The number of ether oxygens (including phenoxy) is 1. The number of amides is 1. The number of methoxy groups -OCH3 is 1. The molecule has 1 amide bonds. The summed E-state index contributed by atoms with van der Waals surface area (Å²) in [7, 11) is -3.01. The molecule has 2 aliphatic heterocycles. The first-order chi connectivity index (χ1) is 19.2. The van der Waals surface area contributed by atoms with Gasteiger partial charge in [0.1, 0.15) is 10.7 Å². The van der Waals surface area contributed by atoms with Crippen LogP contribution in [0.25, 0.3) is 22.2 Å². The summed E-state index contributed by atoms with van der Waals surface area (Å²) in [5.41, 5.74) is 4.40. The number of hydrogen-bond donors (Lipinski definition) is 2. The number of piperidine rings is 1. The highest BCUT2D eigenvalue weighted by atomic mass is 32.2. The summed E-state index contributed by atoms with van der Waals surface area (Å²) in [6.07, 6.45) is 3.75. The molecule has 208 valence electrons. The lowest BCUT2D eigenvalue weighted by molar-refractivity contribution is 0.0966. The summed E-state index contributed by atoms with van der Waals surface area (Å²) in [6.45, 7) is 4.72. The lowest BCUT2D eigenvalue weighted by Crippen LogP contribution is -2.28. The molecule has 1 aromatic heterocycles. The fourth-order valence-electron chi connectivity index (χ4n) is 5.52. The van der Waals surface area contributed by atoms with Crippen LogP contribution in [0, 0.1) is 12.7 Å². The first kappa shape index (κ1) is 26.3. The molecule has 3 aromatic carbocycles. The fraction of sp³-hybridized carbons (Fsp3) is 0.300. The molecule has 1 fully saturated rings. The number of carbonyl (C=O) groups is 1. The molecular formula is C30H30FN3O5S. The van der Waals surface area contributed by atoms with Crippen LogP contribution in [0.2, 0.25) is 0 Å². The Labute approximate surface area is 232 Å². The van der Waals surface area contributed by atoms with Gasteiger partial charge in [-0.1, -0.05) is 18.6 Å². The van der Waals surface area contributed by atoms with Gasteiger partial charge in [0.15, 0.2) is 11.5 Å². The number of nitrogens with one attached hydrogen (secondary N) is 2. The van der Waals surface area contributed by atoms with Crippen molar-refractivity contribution in [2.45, 2.75) is 44.2 Å². The molecule has 0 spiro atoms. The summed E-state index contributed by atoms with van der Waals surface area (Å²) in [6, 6.07) is 13.5. The highest BCUT2D eigenvalue weighted by Gasteiger charge is 2.33. The van der Waals surface area contributed by atoms with Crippen molar-refractivity contribution in [3.8, 4) is 22.8 Å². The largest absolute Gasteiger partial charge is 0.493 e. The van der Waals surface area contributed by atoms with E-state index in [2.05, 4.69) is 27.3 Å². The van der Waals surface area contributed by atoms with E-state index in [0.29, 0.717) is 27.9 Å². The molecule has 0 atom stereocenters. The summed E-state index contributed by atoms with van der Waals surface area (Å²) >= 11 is 0. The minimum Gasteiger partial charge on any atom is -0.493 e. The van der Waals surface area contributed by atoms with E-state index >= 15 is 0 Å². The number of likely N-dealkylation sites (tertiary alicyclic amines) is 1. The van der Waals surface area contributed by atoms with Gasteiger partial charge in [0.05, 0.1) is 12.7 Å². The number of halogens is 1. The van der Waals surface area contributed by atoms with Gasteiger partial charge in [-0.05, 0) is 80.4 Å². The van der Waals surface area contributed by atoms with Crippen LogP contribution in [-0.2, 0) is 23.2 Å². The molecule has 0 unspecified atom stereocenters. The third kappa shape index (κ3) is 4.82. The van der Waals surface area contributed by atoms with Crippen molar-refractivity contribution in [2.24, 2.45) is 0 Å². The SMILES string of the molecule is COc1cc(-c2cc3cc(CN4CCCCC4)ccc3[nH]2)c2c(c1OS(=O)(=O)c1ccc(C)c(F)c1)CNC2=O. The number of carbonyl (C=O) groups excluding carboxylic acids is 1. The summed E-state index contributed by atoms with van der Waals surface area (Å²) < 4.78 is 51.4. The summed E-state index contributed by atoms with van der Waals surface area (Å²) in [5.74, 6) is -0.959. The third-order valence-corrected chi connectivity index (χ3v) is 8.89. The van der Waals surface area contributed by atoms with E-state index in [4.69, 9.17) is 8.92 Å². The second kappa shape index (κ2) is 10.3. The second-order valence-electron chi connectivity index (χ2n) is 10.4. The molecule has 6 rings (SSSR count). The number of aromatic nitrogens is 1. The second-order valence-corrected chi connectivity index (χ2v) is 11.9. The quantitative estimate of drug-likeness (QED) is 0.297. The summed E-state index contributed by atoms with van der Waals surface area (Å²) in [5, 5.41) is 3.78. The first-order valence-electron chi connectivity index (χ1n) is 13.3. The van der Waals surface area contributed by atoms with Crippen LogP contribution in [0.5, 0.6) is 11.5 Å². The Morgan fingerprint density at radius 1 is 1.02 bits per heavy atom. The van der Waals surface area contributed by atoms with E-state index in [1.165, 1.54) is 51.0 Å². The molecule has 0 radical (unpaired) electrons. The van der Waals surface area contributed by atoms with Gasteiger partial charge in [0, 0.05) is 40.8 Å². The molecule has 1 saturated heterocycles. The molecule has 0 saturated carbocycles. The van der Waals surface area contributed by atoms with Crippen LogP contribution < -0.4 is 14.2 Å². The standard InChI is InChI=1S/C30H30FN3O5S/c1-18-6-8-21(14-24(18)31)40(36,37)39-29-23-16-32-30(35)28(23)22(15-27(29)38-2)26-13-20-12-19(7-9-25(20)33-26)17-34-10-4-3-5-11-34/h6-9,12-15,33H,3-5,10-11,16-17H2,1-2H3,(H,32,35). The van der Waals surface area contributed by atoms with Crippen molar-refractivity contribution in [3.63, 3.8) is 0 Å². The number of H-pyrrole nitrogens is 1. The highest BCUT2D eigenvalue weighted by Crippen LogP contribution is 2.43. The zero-order chi connectivity index (χ0) is 28.0. The van der Waals surface area contributed by atoms with Crippen LogP contribution in [0.3, 0.4) is 0 Å². The van der Waals surface area contributed by atoms with Gasteiger partial charge in [-0.15, -0.1) is 0 Å². The smallest absolute Gasteiger partial charge is 0.339 e. The fourth-order valence-corrected chi connectivity index (χ4v) is 6.50. The maximum Gasteiger partial charge on any atom is 0.339 e. The molecule has 0 bridgehead atoms. The van der Waals surface area contributed by atoms with E-state index < -0.39 is 15.9 Å². The average molecular weight is 564 g/mol. The molecule has 0 aliphatic carbocycles. The number of benzene rings is 3. The molecule has 3 heterocycles. The molecule has 10 heteroatoms. The summed E-state index contributed by atoms with van der Waals surface area (Å²) in [4.78, 5) is 18.5. The predicted octanol–water partition coefficient (Wildman–Crippen LogP) is 5.29. The normalized spacial score (nSPS) is 15.7. The molecule has 2 N–H and O–H groups in total. The van der Waals surface area contributed by atoms with Crippen molar-refractivity contribution in [1.29, 1.82) is 0 Å². The third-order valence-electron chi connectivity index (χ3n) is 7.67. The molecule has 8 nitrogen and oxygen atoms in total. The van der Waals surface area contributed by atoms with Gasteiger partial charge >= 0.3 is 10.1 Å². The van der Waals surface area contributed by atoms with E-state index in [-0.39, 0.29) is 28.8 Å². The Morgan fingerprint density at radius 3 is 2.58 bits per heavy atom. The van der Waals surface area contributed by atoms with Crippen molar-refractivity contribution in [2.75, 3.05) is 20.2 Å². The molecular weight excluding hydrogens is 533 g/mol. The molecule has 2 aliphatic rings. The number of fused-ring (bicyclic) bond motifs is 2. The highest BCUT2D eigenvalue weighted by molar-refractivity contribution is 7.87. The number of aryl methyl sites for hydroxylation is 1.